The van der Waals surface area contributed by atoms with Crippen molar-refractivity contribution in [2.45, 2.75) is 57.7 Å². The van der Waals surface area contributed by atoms with Gasteiger partial charge in [-0.3, -0.25) is 9.59 Å². The number of hydrogen-bond donors (Lipinski definition) is 1. The van der Waals surface area contributed by atoms with Gasteiger partial charge in [-0.25, -0.2) is 4.39 Å². The number of amides is 2. The molecule has 0 radical (unpaired) electrons. The van der Waals surface area contributed by atoms with Gasteiger partial charge in [0.2, 0.25) is 5.91 Å². The van der Waals surface area contributed by atoms with Crippen molar-refractivity contribution in [3.05, 3.63) is 64.9 Å². The summed E-state index contributed by atoms with van der Waals surface area (Å²) in [5.41, 5.74) is 0.723. The molecule has 1 aliphatic carbocycles. The van der Waals surface area contributed by atoms with Gasteiger partial charge >= 0.3 is 0 Å². The zero-order valence-corrected chi connectivity index (χ0v) is 18.4. The van der Waals surface area contributed by atoms with E-state index in [1.165, 1.54) is 23.5 Å². The van der Waals surface area contributed by atoms with E-state index < -0.39 is 17.8 Å². The quantitative estimate of drug-likeness (QED) is 0.638. The van der Waals surface area contributed by atoms with E-state index in [1.54, 1.807) is 31.2 Å². The zero-order valence-electron chi connectivity index (χ0n) is 17.7. The number of hydrogen-bond acceptors (Lipinski definition) is 3. The molecule has 5 nitrogen and oxygen atoms in total. The summed E-state index contributed by atoms with van der Waals surface area (Å²) in [6.45, 7) is 1.46. The molecule has 0 spiro atoms. The second-order valence-corrected chi connectivity index (χ2v) is 8.26. The molecule has 1 N–H and O–H groups in total. The lowest BCUT2D eigenvalue weighted by Crippen LogP contribution is -2.51. The molecule has 1 atom stereocenters. The Morgan fingerprint density at radius 3 is 2.52 bits per heavy atom. The van der Waals surface area contributed by atoms with Crippen molar-refractivity contribution in [2.24, 2.45) is 0 Å². The van der Waals surface area contributed by atoms with Crippen molar-refractivity contribution in [2.75, 3.05) is 6.61 Å². The van der Waals surface area contributed by atoms with Crippen LogP contribution in [0.3, 0.4) is 0 Å². The highest BCUT2D eigenvalue weighted by Gasteiger charge is 2.29. The first-order chi connectivity index (χ1) is 15.0. The number of rotatable bonds is 8. The first-order valence-electron chi connectivity index (χ1n) is 10.7. The van der Waals surface area contributed by atoms with Crippen molar-refractivity contribution in [1.82, 2.24) is 10.2 Å². The van der Waals surface area contributed by atoms with Gasteiger partial charge in [-0.2, -0.15) is 0 Å². The number of carbonyl (C=O) groups is 2. The smallest absolute Gasteiger partial charge is 0.261 e. The highest BCUT2D eigenvalue weighted by molar-refractivity contribution is 6.31. The third kappa shape index (κ3) is 6.44. The molecule has 0 unspecified atom stereocenters. The van der Waals surface area contributed by atoms with Crippen LogP contribution in [0.1, 0.15) is 44.6 Å². The molecule has 1 aliphatic rings. The highest BCUT2D eigenvalue weighted by atomic mass is 35.5. The number of halogens is 2. The van der Waals surface area contributed by atoms with Gasteiger partial charge in [0.25, 0.3) is 5.91 Å². The van der Waals surface area contributed by atoms with Crippen LogP contribution in [0.2, 0.25) is 5.02 Å². The van der Waals surface area contributed by atoms with Crippen LogP contribution in [0.15, 0.2) is 48.5 Å². The molecule has 2 aromatic carbocycles. The summed E-state index contributed by atoms with van der Waals surface area (Å²) in [5, 5.41) is 3.58. The molecular weight excluding hydrogens is 419 g/mol. The Labute approximate surface area is 187 Å². The average molecular weight is 447 g/mol. The van der Waals surface area contributed by atoms with Crippen LogP contribution < -0.4 is 10.1 Å². The SMILES string of the molecule is C[C@@H](C(=O)NC1CCCCC1)N(Cc1ccccc1Cl)C(=O)COc1ccccc1F. The number of carbonyl (C=O) groups excluding carboxylic acids is 2. The molecule has 1 fully saturated rings. The normalized spacial score (nSPS) is 15.2. The van der Waals surface area contributed by atoms with Crippen LogP contribution in [0, 0.1) is 5.82 Å². The van der Waals surface area contributed by atoms with Crippen LogP contribution in [0.4, 0.5) is 4.39 Å². The van der Waals surface area contributed by atoms with Crippen molar-refractivity contribution < 1.29 is 18.7 Å². The van der Waals surface area contributed by atoms with Crippen molar-refractivity contribution >= 4 is 23.4 Å². The molecule has 7 heteroatoms. The fraction of sp³-hybridized carbons (Fsp3) is 0.417. The molecular formula is C24H28ClFN2O3. The van der Waals surface area contributed by atoms with Crippen molar-refractivity contribution in [3.63, 3.8) is 0 Å². The van der Waals surface area contributed by atoms with Crippen molar-refractivity contribution in [3.8, 4) is 5.75 Å². The van der Waals surface area contributed by atoms with E-state index in [2.05, 4.69) is 5.32 Å². The molecule has 3 rings (SSSR count). The summed E-state index contributed by atoms with van der Waals surface area (Å²) in [6, 6.07) is 12.5. The maximum Gasteiger partial charge on any atom is 0.261 e. The number of nitrogens with one attached hydrogen (secondary N) is 1. The zero-order chi connectivity index (χ0) is 22.2. The lowest BCUT2D eigenvalue weighted by molar-refractivity contribution is -0.142. The van der Waals surface area contributed by atoms with Gasteiger partial charge in [-0.1, -0.05) is 61.2 Å². The monoisotopic (exact) mass is 446 g/mol. The van der Waals surface area contributed by atoms with E-state index in [4.69, 9.17) is 16.3 Å². The number of nitrogens with zero attached hydrogens (tertiary/aromatic N) is 1. The van der Waals surface area contributed by atoms with Gasteiger partial charge in [0.05, 0.1) is 0 Å². The fourth-order valence-electron chi connectivity index (χ4n) is 3.75. The lowest BCUT2D eigenvalue weighted by Gasteiger charge is -2.31. The second kappa shape index (κ2) is 11.1. The molecule has 0 bridgehead atoms. The Kier molecular flexibility index (Phi) is 8.29. The average Bonchev–Trinajstić information content (AvgIpc) is 2.78. The minimum atomic E-state index is -0.727. The van der Waals surface area contributed by atoms with Crippen LogP contribution in [0.5, 0.6) is 5.75 Å². The Morgan fingerprint density at radius 1 is 1.13 bits per heavy atom. The molecule has 0 heterocycles. The Hall–Kier alpha value is -2.60. The summed E-state index contributed by atoms with van der Waals surface area (Å²) < 4.78 is 19.3. The van der Waals surface area contributed by atoms with Gasteiger partial charge in [0, 0.05) is 17.6 Å². The van der Waals surface area contributed by atoms with E-state index in [-0.39, 0.29) is 30.9 Å². The predicted octanol–water partition coefficient (Wildman–Crippen LogP) is 4.72. The summed E-state index contributed by atoms with van der Waals surface area (Å²) in [7, 11) is 0. The highest BCUT2D eigenvalue weighted by Crippen LogP contribution is 2.21. The topological polar surface area (TPSA) is 58.6 Å². The van der Waals surface area contributed by atoms with Gasteiger partial charge in [0.1, 0.15) is 6.04 Å². The standard InChI is InChI=1S/C24H28ClFN2O3/c1-17(24(30)27-19-10-3-2-4-11-19)28(15-18-9-5-6-12-20(18)25)23(29)16-31-22-14-8-7-13-21(22)26/h5-9,12-14,17,19H,2-4,10-11,15-16H2,1H3,(H,27,30)/t17-/m0/s1. The molecule has 0 saturated heterocycles. The molecule has 2 aromatic rings. The fourth-order valence-corrected chi connectivity index (χ4v) is 3.94. The summed E-state index contributed by atoms with van der Waals surface area (Å²) in [5.74, 6) is -1.18. The third-order valence-electron chi connectivity index (χ3n) is 5.61. The van der Waals surface area contributed by atoms with E-state index in [9.17, 15) is 14.0 Å². The maximum absolute atomic E-state index is 13.9. The molecule has 31 heavy (non-hydrogen) atoms. The van der Waals surface area contributed by atoms with Crippen LogP contribution in [0.25, 0.3) is 0 Å². The predicted molar refractivity (Wildman–Crippen MR) is 118 cm³/mol. The number of ether oxygens (including phenoxy) is 1. The van der Waals surface area contributed by atoms with E-state index >= 15 is 0 Å². The molecule has 0 aromatic heterocycles. The van der Waals surface area contributed by atoms with Gasteiger partial charge < -0.3 is 15.0 Å². The van der Waals surface area contributed by atoms with Gasteiger partial charge in [-0.15, -0.1) is 0 Å². The lowest BCUT2D eigenvalue weighted by atomic mass is 9.95. The van der Waals surface area contributed by atoms with Crippen LogP contribution in [-0.4, -0.2) is 35.4 Å². The van der Waals surface area contributed by atoms with Crippen LogP contribution >= 0.6 is 11.6 Å². The third-order valence-corrected chi connectivity index (χ3v) is 5.97. The number of para-hydroxylation sites is 1. The van der Waals surface area contributed by atoms with Gasteiger partial charge in [-0.05, 0) is 43.5 Å². The van der Waals surface area contributed by atoms with Gasteiger partial charge in [0.15, 0.2) is 18.2 Å². The molecule has 2 amide bonds. The second-order valence-electron chi connectivity index (χ2n) is 7.85. The Bertz CT molecular complexity index is 902. The van der Waals surface area contributed by atoms with E-state index in [0.717, 1.165) is 31.2 Å². The minimum Gasteiger partial charge on any atom is -0.481 e. The number of benzene rings is 2. The first kappa shape index (κ1) is 23.1. The molecule has 166 valence electrons. The summed E-state index contributed by atoms with van der Waals surface area (Å²) >= 11 is 6.29. The molecule has 1 saturated carbocycles. The summed E-state index contributed by atoms with van der Waals surface area (Å²) in [4.78, 5) is 27.4. The first-order valence-corrected chi connectivity index (χ1v) is 11.0. The van der Waals surface area contributed by atoms with E-state index in [1.807, 2.05) is 12.1 Å². The summed E-state index contributed by atoms with van der Waals surface area (Å²) in [6.07, 6.45) is 5.28. The largest absolute Gasteiger partial charge is 0.481 e. The van der Waals surface area contributed by atoms with Crippen LogP contribution in [-0.2, 0) is 16.1 Å². The minimum absolute atomic E-state index is 0.00662. The van der Waals surface area contributed by atoms with Crippen molar-refractivity contribution in [1.29, 1.82) is 0 Å². The Balaban J connectivity index is 1.72. The maximum atomic E-state index is 13.9. The Morgan fingerprint density at radius 2 is 1.81 bits per heavy atom. The molecule has 0 aliphatic heterocycles. The van der Waals surface area contributed by atoms with E-state index in [0.29, 0.717) is 5.02 Å².